The number of methoxy groups -OCH3 is 1. The summed E-state index contributed by atoms with van der Waals surface area (Å²) >= 11 is 12.8. The van der Waals surface area contributed by atoms with Crippen LogP contribution in [0.1, 0.15) is 18.0 Å². The van der Waals surface area contributed by atoms with Crippen LogP contribution >= 0.6 is 23.2 Å². The van der Waals surface area contributed by atoms with Gasteiger partial charge in [0.05, 0.1) is 46.9 Å². The first-order valence-electron chi connectivity index (χ1n) is 12.7. The second kappa shape index (κ2) is 13.2. The number of hydroxylamine groups is 1. The smallest absolute Gasteiger partial charge is 0.247 e. The van der Waals surface area contributed by atoms with Crippen molar-refractivity contribution >= 4 is 57.8 Å². The molecule has 1 atom stereocenters. The van der Waals surface area contributed by atoms with Crippen molar-refractivity contribution in [3.05, 3.63) is 71.0 Å². The molecule has 1 fully saturated rings. The summed E-state index contributed by atoms with van der Waals surface area (Å²) in [5.41, 5.74) is 2.86. The number of nitrogens with zero attached hydrogens (tertiary/aromatic N) is 5. The monoisotopic (exact) mass is 585 g/mol. The Kier molecular flexibility index (Phi) is 9.70. The number of amides is 1. The number of nitrogens with one attached hydrogen (secondary N) is 2. The van der Waals surface area contributed by atoms with E-state index >= 15 is 0 Å². The molecule has 2 heterocycles. The first kappa shape index (κ1) is 29.4. The van der Waals surface area contributed by atoms with Crippen LogP contribution in [0.25, 0.3) is 0 Å². The van der Waals surface area contributed by atoms with Crippen LogP contribution in [0.3, 0.4) is 0 Å². The summed E-state index contributed by atoms with van der Waals surface area (Å²) in [6.07, 6.45) is 3.40. The predicted molar refractivity (Wildman–Crippen MR) is 161 cm³/mol. The molecule has 0 aliphatic carbocycles. The van der Waals surface area contributed by atoms with Crippen LogP contribution < -0.4 is 25.3 Å². The van der Waals surface area contributed by atoms with Gasteiger partial charge in [0, 0.05) is 38.7 Å². The summed E-state index contributed by atoms with van der Waals surface area (Å²) in [5.74, 6) is 1.31. The van der Waals surface area contributed by atoms with Gasteiger partial charge in [-0.15, -0.1) is 0 Å². The molecule has 2 aromatic carbocycles. The third kappa shape index (κ3) is 6.76. The lowest BCUT2D eigenvalue weighted by Crippen LogP contribution is -2.29. The molecule has 1 amide bonds. The quantitative estimate of drug-likeness (QED) is 0.281. The normalized spacial score (nSPS) is 14.8. The van der Waals surface area contributed by atoms with Crippen molar-refractivity contribution in [2.75, 3.05) is 68.5 Å². The molecule has 2 N–H and O–H groups in total. The van der Waals surface area contributed by atoms with Crippen LogP contribution in [-0.2, 0) is 9.63 Å². The number of carbonyl (C=O) groups excluding carboxylic acids is 1. The molecule has 3 aromatic rings. The van der Waals surface area contributed by atoms with Gasteiger partial charge in [-0.2, -0.15) is 0 Å². The molecule has 1 aliphatic heterocycles. The van der Waals surface area contributed by atoms with Crippen LogP contribution in [0.2, 0.25) is 10.0 Å². The van der Waals surface area contributed by atoms with Gasteiger partial charge in [0.2, 0.25) is 5.91 Å². The third-order valence-corrected chi connectivity index (χ3v) is 7.27. The highest BCUT2D eigenvalue weighted by molar-refractivity contribution is 6.42. The van der Waals surface area contributed by atoms with E-state index in [9.17, 15) is 4.79 Å². The molecular formula is C28H33Cl2N7O3. The summed E-state index contributed by atoms with van der Waals surface area (Å²) in [4.78, 5) is 31.2. The molecular weight excluding hydrogens is 553 g/mol. The summed E-state index contributed by atoms with van der Waals surface area (Å²) < 4.78 is 5.71. The van der Waals surface area contributed by atoms with E-state index in [-0.39, 0.29) is 11.9 Å². The molecule has 1 aliphatic rings. The van der Waals surface area contributed by atoms with Crippen molar-refractivity contribution in [1.82, 2.24) is 14.9 Å². The average Bonchev–Trinajstić information content (AvgIpc) is 3.43. The molecule has 0 bridgehead atoms. The van der Waals surface area contributed by atoms with Crippen molar-refractivity contribution in [3.63, 3.8) is 0 Å². The number of anilines is 5. The molecule has 1 saturated heterocycles. The molecule has 0 radical (unpaired) electrons. The summed E-state index contributed by atoms with van der Waals surface area (Å²) in [7, 11) is 7.58. The summed E-state index contributed by atoms with van der Waals surface area (Å²) in [6.45, 7) is 5.65. The minimum absolute atomic E-state index is 0.166. The molecule has 1 aromatic heterocycles. The molecule has 4 rings (SSSR count). The fourth-order valence-electron chi connectivity index (χ4n) is 4.34. The number of hydrogen-bond acceptors (Lipinski definition) is 9. The number of likely N-dealkylation sites (N-methyl/N-ethyl adjacent to an activating group) is 2. The van der Waals surface area contributed by atoms with Gasteiger partial charge in [-0.3, -0.25) is 9.63 Å². The van der Waals surface area contributed by atoms with E-state index in [1.165, 1.54) is 12.4 Å². The highest BCUT2D eigenvalue weighted by Gasteiger charge is 2.31. The van der Waals surface area contributed by atoms with E-state index in [0.717, 1.165) is 30.8 Å². The zero-order valence-corrected chi connectivity index (χ0v) is 24.5. The van der Waals surface area contributed by atoms with Gasteiger partial charge in [-0.05, 0) is 37.9 Å². The van der Waals surface area contributed by atoms with E-state index in [2.05, 4.69) is 37.0 Å². The molecule has 40 heavy (non-hydrogen) atoms. The largest absolute Gasteiger partial charge is 0.494 e. The second-order valence-corrected chi connectivity index (χ2v) is 10.3. The SMILES string of the molecule is C=CC(=O)Nc1cc(Nc2cc(N3OCC[C@@H]3c3cccc(Cl)c3Cl)ncn2)c(OC)cc1N(C)CCN(C)C. The second-order valence-electron chi connectivity index (χ2n) is 9.48. The van der Waals surface area contributed by atoms with E-state index in [1.54, 1.807) is 24.3 Å². The Morgan fingerprint density at radius 1 is 1.20 bits per heavy atom. The topological polar surface area (TPSA) is 95.1 Å². The average molecular weight is 587 g/mol. The Bertz CT molecular complexity index is 1370. The van der Waals surface area contributed by atoms with Gasteiger partial charge in [0.15, 0.2) is 5.82 Å². The van der Waals surface area contributed by atoms with Gasteiger partial charge in [-0.1, -0.05) is 41.9 Å². The highest BCUT2D eigenvalue weighted by atomic mass is 35.5. The number of hydrogen-bond donors (Lipinski definition) is 2. The van der Waals surface area contributed by atoms with E-state index in [0.29, 0.717) is 45.4 Å². The Balaban J connectivity index is 1.65. The van der Waals surface area contributed by atoms with Crippen molar-refractivity contribution in [3.8, 4) is 5.75 Å². The van der Waals surface area contributed by atoms with Crippen LogP contribution in [0, 0.1) is 0 Å². The van der Waals surface area contributed by atoms with Gasteiger partial charge in [-0.25, -0.2) is 15.0 Å². The number of carbonyl (C=O) groups is 1. The number of aromatic nitrogens is 2. The maximum Gasteiger partial charge on any atom is 0.247 e. The fourth-order valence-corrected chi connectivity index (χ4v) is 4.77. The zero-order chi connectivity index (χ0) is 28.8. The van der Waals surface area contributed by atoms with Crippen LogP contribution in [-0.4, -0.2) is 68.7 Å². The highest BCUT2D eigenvalue weighted by Crippen LogP contribution is 2.41. The maximum atomic E-state index is 12.3. The minimum atomic E-state index is -0.320. The van der Waals surface area contributed by atoms with E-state index < -0.39 is 0 Å². The van der Waals surface area contributed by atoms with Gasteiger partial charge in [0.1, 0.15) is 17.9 Å². The molecule has 0 spiro atoms. The third-order valence-electron chi connectivity index (χ3n) is 6.44. The first-order valence-corrected chi connectivity index (χ1v) is 13.4. The lowest BCUT2D eigenvalue weighted by atomic mass is 10.0. The summed E-state index contributed by atoms with van der Waals surface area (Å²) in [5, 5.41) is 8.90. The minimum Gasteiger partial charge on any atom is -0.494 e. The van der Waals surface area contributed by atoms with Crippen LogP contribution in [0.4, 0.5) is 28.7 Å². The van der Waals surface area contributed by atoms with Crippen molar-refractivity contribution in [1.29, 1.82) is 0 Å². The van der Waals surface area contributed by atoms with Crippen LogP contribution in [0.15, 0.2) is 55.4 Å². The van der Waals surface area contributed by atoms with Crippen molar-refractivity contribution in [2.45, 2.75) is 12.5 Å². The van der Waals surface area contributed by atoms with Crippen molar-refractivity contribution in [2.24, 2.45) is 0 Å². The van der Waals surface area contributed by atoms with Crippen molar-refractivity contribution < 1.29 is 14.4 Å². The standard InChI is InChI=1S/C28H33Cl2N7O3/c1-6-27(38)34-20-14-21(24(39-5)15-23(20)36(4)12-11-35(2)3)33-25-16-26(32-17-31-25)37-22(10-13-40-37)18-8-7-9-19(29)28(18)30/h6-9,14-17,22H,1,10-13H2,2-5H3,(H,34,38)(H,31,32,33)/t22-/m1/s1. The Hall–Kier alpha value is -3.57. The number of benzene rings is 2. The molecule has 12 heteroatoms. The Morgan fingerprint density at radius 3 is 2.73 bits per heavy atom. The molecule has 10 nitrogen and oxygen atoms in total. The Labute approximate surface area is 244 Å². The predicted octanol–water partition coefficient (Wildman–Crippen LogP) is 5.54. The Morgan fingerprint density at radius 2 is 2.00 bits per heavy atom. The van der Waals surface area contributed by atoms with Gasteiger partial charge < -0.3 is 25.2 Å². The van der Waals surface area contributed by atoms with E-state index in [1.807, 2.05) is 45.4 Å². The van der Waals surface area contributed by atoms with Gasteiger partial charge in [0.25, 0.3) is 0 Å². The number of halogens is 2. The molecule has 212 valence electrons. The lowest BCUT2D eigenvalue weighted by Gasteiger charge is -2.26. The maximum absolute atomic E-state index is 12.3. The summed E-state index contributed by atoms with van der Waals surface area (Å²) in [6, 6.07) is 10.8. The lowest BCUT2D eigenvalue weighted by molar-refractivity contribution is -0.111. The fraction of sp³-hybridized carbons (Fsp3) is 0.321. The molecule has 0 saturated carbocycles. The number of ether oxygens (including phenoxy) is 1. The molecule has 0 unspecified atom stereocenters. The number of rotatable bonds is 11. The van der Waals surface area contributed by atoms with Gasteiger partial charge >= 0.3 is 0 Å². The first-order chi connectivity index (χ1) is 19.2. The van der Waals surface area contributed by atoms with E-state index in [4.69, 9.17) is 32.8 Å². The zero-order valence-electron chi connectivity index (χ0n) is 22.9. The van der Waals surface area contributed by atoms with Crippen LogP contribution in [0.5, 0.6) is 5.75 Å².